The van der Waals surface area contributed by atoms with Crippen LogP contribution in [0.5, 0.6) is 0 Å². The fourth-order valence-electron chi connectivity index (χ4n) is 1.27. The third-order valence-corrected chi connectivity index (χ3v) is 2.98. The number of nitrogens with zero attached hydrogens (tertiary/aromatic N) is 1. The number of anilines is 1. The van der Waals surface area contributed by atoms with Crippen LogP contribution in [0.25, 0.3) is 0 Å². The smallest absolute Gasteiger partial charge is 0.101 e. The molecular formula is C12H15ClN2O. The zero-order valence-electron chi connectivity index (χ0n) is 9.42. The second-order valence-corrected chi connectivity index (χ2v) is 4.41. The van der Waals surface area contributed by atoms with Gasteiger partial charge in [-0.25, -0.2) is 0 Å². The van der Waals surface area contributed by atoms with Crippen LogP contribution < -0.4 is 5.32 Å². The Labute approximate surface area is 101 Å². The molecule has 0 aliphatic rings. The summed E-state index contributed by atoms with van der Waals surface area (Å²) in [4.78, 5) is 0. The van der Waals surface area contributed by atoms with Gasteiger partial charge >= 0.3 is 0 Å². The highest BCUT2D eigenvalue weighted by molar-refractivity contribution is 6.32. The lowest BCUT2D eigenvalue weighted by molar-refractivity contribution is 0.219. The average Bonchev–Trinajstić information content (AvgIpc) is 2.29. The first-order valence-electron chi connectivity index (χ1n) is 5.13. The molecule has 1 unspecified atom stereocenters. The molecule has 0 amide bonds. The van der Waals surface area contributed by atoms with Crippen LogP contribution in [0.1, 0.15) is 25.8 Å². The van der Waals surface area contributed by atoms with Gasteiger partial charge in [-0.1, -0.05) is 18.5 Å². The number of nitriles is 1. The molecule has 0 aromatic heterocycles. The summed E-state index contributed by atoms with van der Waals surface area (Å²) in [6.45, 7) is 3.97. The van der Waals surface area contributed by atoms with Gasteiger partial charge in [-0.2, -0.15) is 5.26 Å². The maximum atomic E-state index is 9.27. The summed E-state index contributed by atoms with van der Waals surface area (Å²) in [5.41, 5.74) is 0.897. The van der Waals surface area contributed by atoms with Gasteiger partial charge in [0.2, 0.25) is 0 Å². The minimum absolute atomic E-state index is 0.0428. The molecule has 0 aliphatic carbocycles. The Hall–Kier alpha value is -1.24. The second-order valence-electron chi connectivity index (χ2n) is 4.00. The summed E-state index contributed by atoms with van der Waals surface area (Å²) >= 11 is 5.92. The molecule has 1 rings (SSSR count). The van der Waals surface area contributed by atoms with Crippen molar-refractivity contribution in [2.75, 3.05) is 11.9 Å². The maximum Gasteiger partial charge on any atom is 0.101 e. The van der Waals surface area contributed by atoms with Crippen LogP contribution in [0, 0.1) is 11.3 Å². The van der Waals surface area contributed by atoms with Gasteiger partial charge in [-0.15, -0.1) is 0 Å². The first-order valence-corrected chi connectivity index (χ1v) is 5.51. The van der Waals surface area contributed by atoms with E-state index in [0.29, 0.717) is 10.6 Å². The molecule has 4 heteroatoms. The fraction of sp³-hybridized carbons (Fsp3) is 0.417. The molecule has 0 saturated carbocycles. The maximum absolute atomic E-state index is 9.27. The SMILES string of the molecule is CCC(C)(CO)Nc1ccc(C#N)c(Cl)c1. The van der Waals surface area contributed by atoms with Crippen LogP contribution in [0.4, 0.5) is 5.69 Å². The number of halogens is 1. The molecule has 0 heterocycles. The van der Waals surface area contributed by atoms with E-state index in [-0.39, 0.29) is 12.1 Å². The molecule has 0 spiro atoms. The average molecular weight is 239 g/mol. The van der Waals surface area contributed by atoms with Crippen molar-refractivity contribution in [3.8, 4) is 6.07 Å². The van der Waals surface area contributed by atoms with E-state index in [1.54, 1.807) is 18.2 Å². The number of aliphatic hydroxyl groups is 1. The molecule has 1 aromatic rings. The summed E-state index contributed by atoms with van der Waals surface area (Å²) in [7, 11) is 0. The van der Waals surface area contributed by atoms with E-state index in [2.05, 4.69) is 5.32 Å². The highest BCUT2D eigenvalue weighted by Crippen LogP contribution is 2.23. The van der Waals surface area contributed by atoms with Crippen molar-refractivity contribution in [1.29, 1.82) is 5.26 Å². The number of aliphatic hydroxyl groups excluding tert-OH is 1. The Bertz CT molecular complexity index is 408. The normalized spacial score (nSPS) is 13.9. The van der Waals surface area contributed by atoms with Crippen molar-refractivity contribution in [2.24, 2.45) is 0 Å². The molecular weight excluding hydrogens is 224 g/mol. The lowest BCUT2D eigenvalue weighted by atomic mass is 9.99. The van der Waals surface area contributed by atoms with Gasteiger partial charge in [0, 0.05) is 5.69 Å². The number of hydrogen-bond donors (Lipinski definition) is 2. The molecule has 0 aliphatic heterocycles. The summed E-state index contributed by atoms with van der Waals surface area (Å²) in [6.07, 6.45) is 0.793. The zero-order valence-corrected chi connectivity index (χ0v) is 10.2. The van der Waals surface area contributed by atoms with Gasteiger partial charge in [0.1, 0.15) is 6.07 Å². The summed E-state index contributed by atoms with van der Waals surface area (Å²) in [5.74, 6) is 0. The Balaban J connectivity index is 2.91. The van der Waals surface area contributed by atoms with Crippen LogP contribution in [0.2, 0.25) is 5.02 Å². The predicted molar refractivity (Wildman–Crippen MR) is 65.6 cm³/mol. The van der Waals surface area contributed by atoms with Crippen LogP contribution in [0.15, 0.2) is 18.2 Å². The van der Waals surface area contributed by atoms with Gasteiger partial charge in [-0.05, 0) is 31.5 Å². The van der Waals surface area contributed by atoms with Gasteiger partial charge in [0.15, 0.2) is 0 Å². The van der Waals surface area contributed by atoms with E-state index in [1.807, 2.05) is 19.9 Å². The summed E-state index contributed by atoms with van der Waals surface area (Å²) in [5, 5.41) is 21.6. The van der Waals surface area contributed by atoms with Gasteiger partial charge < -0.3 is 10.4 Å². The minimum atomic E-state index is -0.364. The lowest BCUT2D eigenvalue weighted by Crippen LogP contribution is -2.37. The van der Waals surface area contributed by atoms with Crippen molar-refractivity contribution in [3.05, 3.63) is 28.8 Å². The van der Waals surface area contributed by atoms with E-state index in [4.69, 9.17) is 16.9 Å². The molecule has 3 nitrogen and oxygen atoms in total. The first-order chi connectivity index (χ1) is 7.54. The quantitative estimate of drug-likeness (QED) is 0.848. The molecule has 0 fully saturated rings. The van der Waals surface area contributed by atoms with Crippen LogP contribution >= 0.6 is 11.6 Å². The summed E-state index contributed by atoms with van der Waals surface area (Å²) < 4.78 is 0. The van der Waals surface area contributed by atoms with Gasteiger partial charge in [0.25, 0.3) is 0 Å². The topological polar surface area (TPSA) is 56.0 Å². The molecule has 0 radical (unpaired) electrons. The van der Waals surface area contributed by atoms with E-state index >= 15 is 0 Å². The molecule has 0 saturated heterocycles. The predicted octanol–water partition coefficient (Wildman–Crippen LogP) is 2.78. The molecule has 1 aromatic carbocycles. The van der Waals surface area contributed by atoms with Crippen LogP contribution in [0.3, 0.4) is 0 Å². The minimum Gasteiger partial charge on any atom is -0.394 e. The number of rotatable bonds is 4. The van der Waals surface area contributed by atoms with Crippen LogP contribution in [-0.4, -0.2) is 17.3 Å². The largest absolute Gasteiger partial charge is 0.394 e. The zero-order chi connectivity index (χ0) is 12.2. The first kappa shape index (κ1) is 12.8. The van der Waals surface area contributed by atoms with Crippen molar-refractivity contribution >= 4 is 17.3 Å². The Kier molecular flexibility index (Phi) is 4.17. The van der Waals surface area contributed by atoms with Crippen molar-refractivity contribution < 1.29 is 5.11 Å². The third kappa shape index (κ3) is 2.88. The van der Waals surface area contributed by atoms with E-state index < -0.39 is 0 Å². The van der Waals surface area contributed by atoms with Crippen molar-refractivity contribution in [3.63, 3.8) is 0 Å². The lowest BCUT2D eigenvalue weighted by Gasteiger charge is -2.28. The Morgan fingerprint density at radius 3 is 2.69 bits per heavy atom. The molecule has 2 N–H and O–H groups in total. The molecule has 0 bridgehead atoms. The standard InChI is InChI=1S/C12H15ClN2O/c1-3-12(2,8-16)15-10-5-4-9(7-14)11(13)6-10/h4-6,15-16H,3,8H2,1-2H3. The fourth-order valence-corrected chi connectivity index (χ4v) is 1.49. The number of hydrogen-bond acceptors (Lipinski definition) is 3. The highest BCUT2D eigenvalue weighted by atomic mass is 35.5. The number of nitrogens with one attached hydrogen (secondary N) is 1. The summed E-state index contributed by atoms with van der Waals surface area (Å²) in [6, 6.07) is 7.15. The monoisotopic (exact) mass is 238 g/mol. The van der Waals surface area contributed by atoms with Crippen LogP contribution in [-0.2, 0) is 0 Å². The van der Waals surface area contributed by atoms with Gasteiger partial charge in [0.05, 0.1) is 22.7 Å². The Morgan fingerprint density at radius 2 is 2.25 bits per heavy atom. The molecule has 1 atom stereocenters. The van der Waals surface area contributed by atoms with Gasteiger partial charge in [-0.3, -0.25) is 0 Å². The van der Waals surface area contributed by atoms with Crippen molar-refractivity contribution in [1.82, 2.24) is 0 Å². The third-order valence-electron chi connectivity index (χ3n) is 2.66. The van der Waals surface area contributed by atoms with E-state index in [0.717, 1.165) is 12.1 Å². The second kappa shape index (κ2) is 5.20. The van der Waals surface area contributed by atoms with Crippen molar-refractivity contribution in [2.45, 2.75) is 25.8 Å². The highest BCUT2D eigenvalue weighted by Gasteiger charge is 2.20. The number of benzene rings is 1. The Morgan fingerprint density at radius 1 is 1.56 bits per heavy atom. The van der Waals surface area contributed by atoms with E-state index in [1.165, 1.54) is 0 Å². The molecule has 16 heavy (non-hydrogen) atoms. The molecule has 86 valence electrons. The van der Waals surface area contributed by atoms with E-state index in [9.17, 15) is 5.11 Å².